The zero-order valence-corrected chi connectivity index (χ0v) is 15.2. The predicted molar refractivity (Wildman–Crippen MR) is 101 cm³/mol. The van der Waals surface area contributed by atoms with Gasteiger partial charge in [0, 0.05) is 25.2 Å². The number of carbonyl (C=O) groups excluding carboxylic acids is 2. The van der Waals surface area contributed by atoms with Gasteiger partial charge in [0.1, 0.15) is 5.75 Å². The topological polar surface area (TPSA) is 58.6 Å². The van der Waals surface area contributed by atoms with Crippen molar-refractivity contribution in [2.24, 2.45) is 5.92 Å². The third-order valence-corrected chi connectivity index (χ3v) is 4.47. The van der Waals surface area contributed by atoms with Crippen LogP contribution in [0.4, 0.5) is 5.69 Å². The quantitative estimate of drug-likeness (QED) is 0.867. The van der Waals surface area contributed by atoms with Crippen molar-refractivity contribution < 1.29 is 14.3 Å². The molecule has 1 N–H and O–H groups in total. The van der Waals surface area contributed by atoms with Crippen LogP contribution in [-0.2, 0) is 16.1 Å². The third-order valence-electron chi connectivity index (χ3n) is 4.47. The first-order chi connectivity index (χ1) is 12.5. The van der Waals surface area contributed by atoms with Crippen LogP contribution in [0, 0.1) is 12.8 Å². The minimum Gasteiger partial charge on any atom is -0.494 e. The molecule has 1 fully saturated rings. The molecule has 3 rings (SSSR count). The molecule has 2 aromatic carbocycles. The smallest absolute Gasteiger partial charge is 0.229 e. The zero-order chi connectivity index (χ0) is 18.5. The fourth-order valence-electron chi connectivity index (χ4n) is 3.18. The van der Waals surface area contributed by atoms with Gasteiger partial charge in [0.2, 0.25) is 11.8 Å². The van der Waals surface area contributed by atoms with Gasteiger partial charge in [0.15, 0.2) is 0 Å². The van der Waals surface area contributed by atoms with Gasteiger partial charge >= 0.3 is 0 Å². The Morgan fingerprint density at radius 1 is 1.23 bits per heavy atom. The van der Waals surface area contributed by atoms with Gasteiger partial charge in [-0.2, -0.15) is 0 Å². The number of nitrogens with zero attached hydrogens (tertiary/aromatic N) is 1. The Hall–Kier alpha value is -2.82. The molecular weight excluding hydrogens is 328 g/mol. The second kappa shape index (κ2) is 8.04. The Morgan fingerprint density at radius 3 is 2.69 bits per heavy atom. The maximum absolute atomic E-state index is 12.5. The molecule has 1 unspecified atom stereocenters. The van der Waals surface area contributed by atoms with E-state index in [9.17, 15) is 9.59 Å². The molecule has 1 aliphatic rings. The van der Waals surface area contributed by atoms with Crippen LogP contribution in [-0.4, -0.2) is 29.9 Å². The molecule has 0 spiro atoms. The normalized spacial score (nSPS) is 16.6. The lowest BCUT2D eigenvalue weighted by Crippen LogP contribution is -2.28. The molecule has 1 saturated heterocycles. The van der Waals surface area contributed by atoms with E-state index in [1.54, 1.807) is 4.90 Å². The number of ether oxygens (including phenoxy) is 1. The van der Waals surface area contributed by atoms with Crippen LogP contribution in [0.15, 0.2) is 48.5 Å². The fraction of sp³-hybridized carbons (Fsp3) is 0.333. The fourth-order valence-corrected chi connectivity index (χ4v) is 3.18. The number of anilines is 1. The molecule has 0 saturated carbocycles. The van der Waals surface area contributed by atoms with Gasteiger partial charge in [-0.15, -0.1) is 0 Å². The largest absolute Gasteiger partial charge is 0.494 e. The average molecular weight is 352 g/mol. The summed E-state index contributed by atoms with van der Waals surface area (Å²) in [5.41, 5.74) is 2.97. The van der Waals surface area contributed by atoms with Crippen molar-refractivity contribution in [1.29, 1.82) is 0 Å². The predicted octanol–water partition coefficient (Wildman–Crippen LogP) is 3.38. The first-order valence-corrected chi connectivity index (χ1v) is 8.92. The highest BCUT2D eigenvalue weighted by Crippen LogP contribution is 2.23. The van der Waals surface area contributed by atoms with Crippen LogP contribution in [0.2, 0.25) is 0 Å². The summed E-state index contributed by atoms with van der Waals surface area (Å²) in [7, 11) is 0. The summed E-state index contributed by atoms with van der Waals surface area (Å²) in [5.74, 6) is 0.359. The van der Waals surface area contributed by atoms with E-state index in [1.807, 2.05) is 56.3 Å². The molecule has 2 aromatic rings. The first kappa shape index (κ1) is 18.0. The molecule has 0 aliphatic carbocycles. The van der Waals surface area contributed by atoms with Crippen LogP contribution >= 0.6 is 0 Å². The van der Waals surface area contributed by atoms with Crippen LogP contribution in [0.25, 0.3) is 0 Å². The SMILES string of the molecule is CCOc1ccc(NC(=O)C2CC(=O)N(Cc3cccc(C)c3)C2)cc1. The van der Waals surface area contributed by atoms with Crippen LogP contribution in [0.3, 0.4) is 0 Å². The Morgan fingerprint density at radius 2 is 2.00 bits per heavy atom. The van der Waals surface area contributed by atoms with E-state index in [4.69, 9.17) is 4.74 Å². The third kappa shape index (κ3) is 4.42. The van der Waals surface area contributed by atoms with E-state index in [-0.39, 0.29) is 24.2 Å². The zero-order valence-electron chi connectivity index (χ0n) is 15.2. The highest BCUT2D eigenvalue weighted by molar-refractivity contribution is 5.97. The summed E-state index contributed by atoms with van der Waals surface area (Å²) in [6.07, 6.45) is 0.259. The summed E-state index contributed by atoms with van der Waals surface area (Å²) in [4.78, 5) is 26.5. The maximum atomic E-state index is 12.5. The maximum Gasteiger partial charge on any atom is 0.229 e. The lowest BCUT2D eigenvalue weighted by atomic mass is 10.1. The second-order valence-corrected chi connectivity index (χ2v) is 6.61. The Labute approximate surface area is 154 Å². The summed E-state index contributed by atoms with van der Waals surface area (Å²) in [6.45, 7) is 5.56. The van der Waals surface area contributed by atoms with Gasteiger partial charge in [-0.25, -0.2) is 0 Å². The highest BCUT2D eigenvalue weighted by atomic mass is 16.5. The van der Waals surface area contributed by atoms with Crippen molar-refractivity contribution in [3.05, 3.63) is 59.7 Å². The molecule has 0 bridgehead atoms. The van der Waals surface area contributed by atoms with Crippen molar-refractivity contribution in [3.63, 3.8) is 0 Å². The number of rotatable bonds is 6. The van der Waals surface area contributed by atoms with E-state index in [2.05, 4.69) is 11.4 Å². The Balaban J connectivity index is 1.58. The molecule has 1 heterocycles. The van der Waals surface area contributed by atoms with Gasteiger partial charge < -0.3 is 15.0 Å². The average Bonchev–Trinajstić information content (AvgIpc) is 2.98. The summed E-state index contributed by atoms with van der Waals surface area (Å²) < 4.78 is 5.39. The minimum atomic E-state index is -0.320. The number of aryl methyl sites for hydroxylation is 1. The van der Waals surface area contributed by atoms with E-state index in [1.165, 1.54) is 5.56 Å². The first-order valence-electron chi connectivity index (χ1n) is 8.92. The van der Waals surface area contributed by atoms with Gasteiger partial charge in [-0.3, -0.25) is 9.59 Å². The molecule has 5 nitrogen and oxygen atoms in total. The van der Waals surface area contributed by atoms with Gasteiger partial charge in [0.05, 0.1) is 12.5 Å². The summed E-state index contributed by atoms with van der Waals surface area (Å²) >= 11 is 0. The van der Waals surface area contributed by atoms with Crippen molar-refractivity contribution in [3.8, 4) is 5.75 Å². The Bertz CT molecular complexity index is 786. The Kier molecular flexibility index (Phi) is 5.56. The molecule has 5 heteroatoms. The summed E-state index contributed by atoms with van der Waals surface area (Å²) in [5, 5.41) is 2.89. The van der Waals surface area contributed by atoms with Gasteiger partial charge in [0.25, 0.3) is 0 Å². The van der Waals surface area contributed by atoms with Crippen LogP contribution in [0.5, 0.6) is 5.75 Å². The molecule has 1 atom stereocenters. The molecule has 2 amide bonds. The molecule has 0 radical (unpaired) electrons. The minimum absolute atomic E-state index is 0.0262. The number of benzene rings is 2. The number of carbonyl (C=O) groups is 2. The molecule has 26 heavy (non-hydrogen) atoms. The van der Waals surface area contributed by atoms with Gasteiger partial charge in [-0.1, -0.05) is 29.8 Å². The lowest BCUT2D eigenvalue weighted by Gasteiger charge is -2.17. The lowest BCUT2D eigenvalue weighted by molar-refractivity contribution is -0.128. The van der Waals surface area contributed by atoms with Crippen molar-refractivity contribution in [1.82, 2.24) is 4.90 Å². The number of amides is 2. The number of likely N-dealkylation sites (tertiary alicyclic amines) is 1. The second-order valence-electron chi connectivity index (χ2n) is 6.61. The number of hydrogen-bond donors (Lipinski definition) is 1. The molecule has 0 aromatic heterocycles. The number of nitrogens with one attached hydrogen (secondary N) is 1. The molecular formula is C21H24N2O3. The van der Waals surface area contributed by atoms with Crippen LogP contribution in [0.1, 0.15) is 24.5 Å². The van der Waals surface area contributed by atoms with Crippen molar-refractivity contribution >= 4 is 17.5 Å². The number of hydrogen-bond acceptors (Lipinski definition) is 3. The summed E-state index contributed by atoms with van der Waals surface area (Å²) in [6, 6.07) is 15.4. The van der Waals surface area contributed by atoms with E-state index in [0.717, 1.165) is 11.3 Å². The van der Waals surface area contributed by atoms with Gasteiger partial charge in [-0.05, 0) is 43.7 Å². The van der Waals surface area contributed by atoms with E-state index < -0.39 is 0 Å². The van der Waals surface area contributed by atoms with Crippen LogP contribution < -0.4 is 10.1 Å². The molecule has 1 aliphatic heterocycles. The highest BCUT2D eigenvalue weighted by Gasteiger charge is 2.34. The van der Waals surface area contributed by atoms with Crippen molar-refractivity contribution in [2.75, 3.05) is 18.5 Å². The van der Waals surface area contributed by atoms with E-state index in [0.29, 0.717) is 25.4 Å². The monoisotopic (exact) mass is 352 g/mol. The van der Waals surface area contributed by atoms with E-state index >= 15 is 0 Å². The standard InChI is InChI=1S/C21H24N2O3/c1-3-26-19-9-7-18(8-10-19)22-21(25)17-12-20(24)23(14-17)13-16-6-4-5-15(2)11-16/h4-11,17H,3,12-14H2,1-2H3,(H,22,25). The van der Waals surface area contributed by atoms with Crippen molar-refractivity contribution in [2.45, 2.75) is 26.8 Å². The molecule has 136 valence electrons.